The van der Waals surface area contributed by atoms with E-state index in [1.165, 1.54) is 25.7 Å². The highest BCUT2D eigenvalue weighted by Crippen LogP contribution is 2.36. The zero-order chi connectivity index (χ0) is 7.68. The van der Waals surface area contributed by atoms with Gasteiger partial charge in [-0.1, -0.05) is 0 Å². The van der Waals surface area contributed by atoms with Crippen molar-refractivity contribution in [2.75, 3.05) is 13.2 Å². The van der Waals surface area contributed by atoms with Crippen molar-refractivity contribution < 1.29 is 4.74 Å². The van der Waals surface area contributed by atoms with E-state index in [4.69, 9.17) is 10.5 Å². The second-order valence-electron chi connectivity index (χ2n) is 3.89. The van der Waals surface area contributed by atoms with Gasteiger partial charge < -0.3 is 10.5 Å². The fraction of sp³-hybridized carbons (Fsp3) is 1.00. The molecule has 2 nitrogen and oxygen atoms in total. The van der Waals surface area contributed by atoms with Crippen LogP contribution in [0, 0.1) is 11.8 Å². The van der Waals surface area contributed by atoms with Gasteiger partial charge in [0, 0.05) is 12.6 Å². The summed E-state index contributed by atoms with van der Waals surface area (Å²) < 4.78 is 5.40. The predicted molar refractivity (Wildman–Crippen MR) is 44.2 cm³/mol. The van der Waals surface area contributed by atoms with Crippen LogP contribution in [0.2, 0.25) is 0 Å². The molecule has 64 valence electrons. The van der Waals surface area contributed by atoms with Crippen molar-refractivity contribution in [3.63, 3.8) is 0 Å². The van der Waals surface area contributed by atoms with Crippen molar-refractivity contribution in [3.05, 3.63) is 0 Å². The van der Waals surface area contributed by atoms with Gasteiger partial charge >= 0.3 is 0 Å². The molecule has 2 rings (SSSR count). The standard InChI is InChI=1S/C9H17NO/c10-9(7-3-4-7)8-2-1-5-11-6-8/h7-9H,1-6,10H2. The molecule has 2 atom stereocenters. The molecular formula is C9H17NO. The first kappa shape index (κ1) is 7.56. The summed E-state index contributed by atoms with van der Waals surface area (Å²) in [6.45, 7) is 1.87. The van der Waals surface area contributed by atoms with Crippen LogP contribution in [0.1, 0.15) is 25.7 Å². The minimum Gasteiger partial charge on any atom is -0.381 e. The quantitative estimate of drug-likeness (QED) is 0.649. The van der Waals surface area contributed by atoms with E-state index in [1.807, 2.05) is 0 Å². The maximum Gasteiger partial charge on any atom is 0.0509 e. The van der Waals surface area contributed by atoms with Crippen molar-refractivity contribution in [3.8, 4) is 0 Å². The van der Waals surface area contributed by atoms with Gasteiger partial charge in [0.15, 0.2) is 0 Å². The molecule has 0 radical (unpaired) electrons. The van der Waals surface area contributed by atoms with E-state index in [-0.39, 0.29) is 0 Å². The molecule has 0 aromatic rings. The van der Waals surface area contributed by atoms with Crippen LogP contribution in [0.4, 0.5) is 0 Å². The molecule has 0 bridgehead atoms. The molecule has 1 saturated carbocycles. The van der Waals surface area contributed by atoms with Gasteiger partial charge in [-0.25, -0.2) is 0 Å². The lowest BCUT2D eigenvalue weighted by Crippen LogP contribution is -2.37. The molecule has 1 aliphatic heterocycles. The van der Waals surface area contributed by atoms with Crippen molar-refractivity contribution in [2.45, 2.75) is 31.7 Å². The topological polar surface area (TPSA) is 35.2 Å². The maximum absolute atomic E-state index is 6.07. The fourth-order valence-electron chi connectivity index (χ4n) is 1.94. The molecule has 0 aromatic carbocycles. The molecule has 2 fully saturated rings. The first-order valence-corrected chi connectivity index (χ1v) is 4.71. The monoisotopic (exact) mass is 155 g/mol. The Balaban J connectivity index is 1.81. The van der Waals surface area contributed by atoms with Crippen LogP contribution in [0.5, 0.6) is 0 Å². The highest BCUT2D eigenvalue weighted by atomic mass is 16.5. The number of ether oxygens (including phenoxy) is 1. The summed E-state index contributed by atoms with van der Waals surface area (Å²) in [5.74, 6) is 1.50. The third-order valence-corrected chi connectivity index (χ3v) is 2.91. The Labute approximate surface area is 68.1 Å². The Bertz CT molecular complexity index is 128. The fourth-order valence-corrected chi connectivity index (χ4v) is 1.94. The van der Waals surface area contributed by atoms with E-state index in [1.54, 1.807) is 0 Å². The van der Waals surface area contributed by atoms with Crippen LogP contribution >= 0.6 is 0 Å². The van der Waals surface area contributed by atoms with Crippen molar-refractivity contribution in [1.29, 1.82) is 0 Å². The molecule has 0 amide bonds. The Hall–Kier alpha value is -0.0800. The summed E-state index contributed by atoms with van der Waals surface area (Å²) in [7, 11) is 0. The average molecular weight is 155 g/mol. The molecule has 0 aromatic heterocycles. The van der Waals surface area contributed by atoms with Crippen molar-refractivity contribution in [1.82, 2.24) is 0 Å². The lowest BCUT2D eigenvalue weighted by molar-refractivity contribution is 0.0420. The van der Waals surface area contributed by atoms with Crippen LogP contribution in [0.3, 0.4) is 0 Å². The molecule has 2 aliphatic rings. The highest BCUT2D eigenvalue weighted by molar-refractivity contribution is 4.89. The first-order valence-electron chi connectivity index (χ1n) is 4.71. The van der Waals surface area contributed by atoms with E-state index in [0.29, 0.717) is 12.0 Å². The minimum absolute atomic E-state index is 0.440. The lowest BCUT2D eigenvalue weighted by atomic mass is 9.91. The average Bonchev–Trinajstić information content (AvgIpc) is 2.87. The smallest absolute Gasteiger partial charge is 0.0509 e. The first-order chi connectivity index (χ1) is 5.38. The predicted octanol–water partition coefficient (Wildman–Crippen LogP) is 1.15. The van der Waals surface area contributed by atoms with Crippen LogP contribution in [0.15, 0.2) is 0 Å². The van der Waals surface area contributed by atoms with Gasteiger partial charge in [-0.2, -0.15) is 0 Å². The summed E-state index contributed by atoms with van der Waals surface area (Å²) in [5, 5.41) is 0. The summed E-state index contributed by atoms with van der Waals surface area (Å²) >= 11 is 0. The number of rotatable bonds is 2. The van der Waals surface area contributed by atoms with Crippen molar-refractivity contribution >= 4 is 0 Å². The Morgan fingerprint density at radius 1 is 1.18 bits per heavy atom. The zero-order valence-electron chi connectivity index (χ0n) is 6.96. The molecular weight excluding hydrogens is 138 g/mol. The van der Waals surface area contributed by atoms with Crippen LogP contribution in [-0.4, -0.2) is 19.3 Å². The van der Waals surface area contributed by atoms with Gasteiger partial charge in [0.2, 0.25) is 0 Å². The second kappa shape index (κ2) is 3.11. The Morgan fingerprint density at radius 2 is 2.00 bits per heavy atom. The van der Waals surface area contributed by atoms with Gasteiger partial charge in [0.05, 0.1) is 6.61 Å². The van der Waals surface area contributed by atoms with E-state index in [0.717, 1.165) is 19.1 Å². The van der Waals surface area contributed by atoms with Gasteiger partial charge in [-0.15, -0.1) is 0 Å². The SMILES string of the molecule is NC(C1CC1)C1CCCOC1. The zero-order valence-corrected chi connectivity index (χ0v) is 6.96. The van der Waals surface area contributed by atoms with E-state index >= 15 is 0 Å². The summed E-state index contributed by atoms with van der Waals surface area (Å²) in [4.78, 5) is 0. The normalized spacial score (nSPS) is 35.2. The molecule has 2 unspecified atom stereocenters. The molecule has 2 heteroatoms. The van der Waals surface area contributed by atoms with E-state index in [2.05, 4.69) is 0 Å². The molecule has 0 spiro atoms. The third kappa shape index (κ3) is 1.74. The van der Waals surface area contributed by atoms with Gasteiger partial charge in [0.1, 0.15) is 0 Å². The minimum atomic E-state index is 0.440. The summed E-state index contributed by atoms with van der Waals surface area (Å²) in [6, 6.07) is 0.440. The Morgan fingerprint density at radius 3 is 2.55 bits per heavy atom. The van der Waals surface area contributed by atoms with Crippen LogP contribution in [0.25, 0.3) is 0 Å². The Kier molecular flexibility index (Phi) is 2.14. The second-order valence-corrected chi connectivity index (χ2v) is 3.89. The lowest BCUT2D eigenvalue weighted by Gasteiger charge is -2.27. The molecule has 1 aliphatic carbocycles. The number of hydrogen-bond donors (Lipinski definition) is 1. The van der Waals surface area contributed by atoms with Gasteiger partial charge in [-0.3, -0.25) is 0 Å². The van der Waals surface area contributed by atoms with Crippen LogP contribution in [-0.2, 0) is 4.74 Å². The molecule has 11 heavy (non-hydrogen) atoms. The molecule has 1 heterocycles. The molecule has 2 N–H and O–H groups in total. The molecule has 1 saturated heterocycles. The number of nitrogens with two attached hydrogens (primary N) is 1. The largest absolute Gasteiger partial charge is 0.381 e. The van der Waals surface area contributed by atoms with Gasteiger partial charge in [0.25, 0.3) is 0 Å². The van der Waals surface area contributed by atoms with Crippen molar-refractivity contribution in [2.24, 2.45) is 17.6 Å². The van der Waals surface area contributed by atoms with E-state index < -0.39 is 0 Å². The van der Waals surface area contributed by atoms with Crippen LogP contribution < -0.4 is 5.73 Å². The highest BCUT2D eigenvalue weighted by Gasteiger charge is 2.34. The number of hydrogen-bond acceptors (Lipinski definition) is 2. The van der Waals surface area contributed by atoms with Gasteiger partial charge in [-0.05, 0) is 37.5 Å². The van der Waals surface area contributed by atoms with E-state index in [9.17, 15) is 0 Å². The third-order valence-electron chi connectivity index (χ3n) is 2.91. The summed E-state index contributed by atoms with van der Waals surface area (Å²) in [5.41, 5.74) is 6.07. The maximum atomic E-state index is 6.07. The summed E-state index contributed by atoms with van der Waals surface area (Å²) in [6.07, 6.45) is 5.22.